The average Bonchev–Trinajstić information content (AvgIpc) is 2.94. The van der Waals surface area contributed by atoms with Gasteiger partial charge in [-0.1, -0.05) is 30.3 Å². The van der Waals surface area contributed by atoms with Crippen molar-refractivity contribution in [1.82, 2.24) is 24.5 Å². The number of nitrogens with one attached hydrogen (secondary N) is 1. The topological polar surface area (TPSA) is 120 Å². The highest BCUT2D eigenvalue weighted by atomic mass is 16.2. The Morgan fingerprint density at radius 3 is 2.64 bits per heavy atom. The number of pyridine rings is 1. The number of nitrogens with zero attached hydrogens (tertiary/aromatic N) is 5. The van der Waals surface area contributed by atoms with Crippen LogP contribution in [0.5, 0.6) is 0 Å². The molecule has 2 amide bonds. The van der Waals surface area contributed by atoms with Crippen LogP contribution in [0.15, 0.2) is 47.4 Å². The van der Waals surface area contributed by atoms with Crippen LogP contribution < -0.4 is 16.7 Å². The Bertz CT molecular complexity index is 1180. The van der Waals surface area contributed by atoms with Gasteiger partial charge < -0.3 is 5.73 Å². The van der Waals surface area contributed by atoms with Gasteiger partial charge in [-0.05, 0) is 18.6 Å². The van der Waals surface area contributed by atoms with E-state index in [-0.39, 0.29) is 5.52 Å². The van der Waals surface area contributed by atoms with Crippen LogP contribution in [0.4, 0.5) is 4.79 Å². The molecule has 9 nitrogen and oxygen atoms in total. The summed E-state index contributed by atoms with van der Waals surface area (Å²) in [5, 5.41) is 12.7. The van der Waals surface area contributed by atoms with Crippen LogP contribution in [0.2, 0.25) is 0 Å². The van der Waals surface area contributed by atoms with Gasteiger partial charge >= 0.3 is 6.03 Å². The number of benzene rings is 1. The highest BCUT2D eigenvalue weighted by molar-refractivity contribution is 5.85. The molecule has 0 aliphatic carbocycles. The van der Waals surface area contributed by atoms with Gasteiger partial charge in [0.1, 0.15) is 5.52 Å². The van der Waals surface area contributed by atoms with Gasteiger partial charge in [-0.15, -0.1) is 10.2 Å². The van der Waals surface area contributed by atoms with Crippen LogP contribution in [-0.4, -0.2) is 30.5 Å². The minimum absolute atomic E-state index is 0.0749. The molecule has 0 saturated heterocycles. The molecule has 4 rings (SSSR count). The molecule has 3 aromatic heterocycles. The molecule has 9 heteroatoms. The van der Waals surface area contributed by atoms with Crippen molar-refractivity contribution in [1.29, 1.82) is 0 Å². The third kappa shape index (κ3) is 2.29. The fourth-order valence-corrected chi connectivity index (χ4v) is 2.80. The van der Waals surface area contributed by atoms with Crippen LogP contribution in [0.1, 0.15) is 5.69 Å². The molecule has 0 bridgehead atoms. The van der Waals surface area contributed by atoms with Crippen molar-refractivity contribution >= 4 is 22.7 Å². The number of aromatic nitrogens is 5. The van der Waals surface area contributed by atoms with Gasteiger partial charge in [0, 0.05) is 6.20 Å². The van der Waals surface area contributed by atoms with E-state index in [0.717, 1.165) is 21.5 Å². The van der Waals surface area contributed by atoms with Crippen molar-refractivity contribution in [3.63, 3.8) is 0 Å². The molecule has 0 spiro atoms. The second-order valence-corrected chi connectivity index (χ2v) is 5.46. The second-order valence-electron chi connectivity index (χ2n) is 5.46. The molecular formula is C16H13N7O2. The maximum atomic E-state index is 12.4. The zero-order valence-corrected chi connectivity index (χ0v) is 13.2. The molecule has 3 heterocycles. The zero-order chi connectivity index (χ0) is 17.6. The first kappa shape index (κ1) is 14.8. The lowest BCUT2D eigenvalue weighted by Gasteiger charge is -2.06. The van der Waals surface area contributed by atoms with E-state index in [0.29, 0.717) is 11.2 Å². The fraction of sp³-hybridized carbons (Fsp3) is 0.0625. The molecule has 0 unspecified atom stereocenters. The number of amides is 2. The number of carbonyl (C=O) groups excluding carboxylic acids is 1. The van der Waals surface area contributed by atoms with Crippen molar-refractivity contribution in [3.8, 4) is 11.1 Å². The van der Waals surface area contributed by atoms with E-state index in [1.54, 1.807) is 10.6 Å². The highest BCUT2D eigenvalue weighted by Crippen LogP contribution is 2.27. The van der Waals surface area contributed by atoms with Gasteiger partial charge in [-0.3, -0.25) is 4.79 Å². The van der Waals surface area contributed by atoms with Crippen LogP contribution in [0, 0.1) is 6.92 Å². The Hall–Kier alpha value is -3.75. The predicted molar refractivity (Wildman–Crippen MR) is 91.7 cm³/mol. The number of hydrogen-bond acceptors (Lipinski definition) is 5. The number of aryl methyl sites for hydroxylation is 1. The van der Waals surface area contributed by atoms with Gasteiger partial charge in [-0.25, -0.2) is 19.4 Å². The molecule has 25 heavy (non-hydrogen) atoms. The number of rotatable bonds is 2. The van der Waals surface area contributed by atoms with Crippen molar-refractivity contribution in [2.45, 2.75) is 6.92 Å². The lowest BCUT2D eigenvalue weighted by Crippen LogP contribution is -2.36. The SMILES string of the molecule is Cc1nn2c(nnc3c(=O)n(NC(N)=O)ccc32)c1-c1ccccc1. The fourth-order valence-electron chi connectivity index (χ4n) is 2.80. The molecule has 0 atom stereocenters. The summed E-state index contributed by atoms with van der Waals surface area (Å²) >= 11 is 0. The van der Waals surface area contributed by atoms with Crippen LogP contribution in [0.25, 0.3) is 27.8 Å². The van der Waals surface area contributed by atoms with E-state index in [1.165, 1.54) is 6.20 Å². The summed E-state index contributed by atoms with van der Waals surface area (Å²) in [5.41, 5.74) is 10.4. The third-order valence-corrected chi connectivity index (χ3v) is 3.85. The minimum Gasteiger partial charge on any atom is -0.350 e. The Morgan fingerprint density at radius 1 is 1.16 bits per heavy atom. The van der Waals surface area contributed by atoms with E-state index < -0.39 is 11.6 Å². The number of fused-ring (bicyclic) bond motifs is 3. The van der Waals surface area contributed by atoms with E-state index in [1.807, 2.05) is 37.3 Å². The second kappa shape index (κ2) is 5.41. The molecule has 0 saturated carbocycles. The molecule has 4 aromatic rings. The summed E-state index contributed by atoms with van der Waals surface area (Å²) in [6.45, 7) is 1.87. The molecule has 0 radical (unpaired) electrons. The van der Waals surface area contributed by atoms with E-state index >= 15 is 0 Å². The summed E-state index contributed by atoms with van der Waals surface area (Å²) in [7, 11) is 0. The van der Waals surface area contributed by atoms with Crippen LogP contribution in [0.3, 0.4) is 0 Å². The normalized spacial score (nSPS) is 11.1. The summed E-state index contributed by atoms with van der Waals surface area (Å²) in [6, 6.07) is 10.5. The summed E-state index contributed by atoms with van der Waals surface area (Å²) < 4.78 is 2.54. The zero-order valence-electron chi connectivity index (χ0n) is 13.2. The maximum Gasteiger partial charge on any atom is 0.331 e. The first-order valence-electron chi connectivity index (χ1n) is 7.45. The smallest absolute Gasteiger partial charge is 0.331 e. The minimum atomic E-state index is -0.850. The molecule has 3 N–H and O–H groups in total. The van der Waals surface area contributed by atoms with Crippen molar-refractivity contribution in [2.75, 3.05) is 5.43 Å². The summed E-state index contributed by atoms with van der Waals surface area (Å²) in [6.07, 6.45) is 1.40. The van der Waals surface area contributed by atoms with Crippen molar-refractivity contribution in [3.05, 3.63) is 58.6 Å². The number of primary amides is 1. The molecule has 1 aromatic carbocycles. The Balaban J connectivity index is 2.02. The molecular weight excluding hydrogens is 322 g/mol. The lowest BCUT2D eigenvalue weighted by molar-refractivity contribution is 0.256. The summed E-state index contributed by atoms with van der Waals surface area (Å²) in [5.74, 6) is 0. The highest BCUT2D eigenvalue weighted by Gasteiger charge is 2.17. The molecule has 0 aliphatic rings. The molecule has 0 aliphatic heterocycles. The number of carbonyl (C=O) groups is 1. The largest absolute Gasteiger partial charge is 0.350 e. The molecule has 0 fully saturated rings. The van der Waals surface area contributed by atoms with E-state index in [2.05, 4.69) is 20.7 Å². The van der Waals surface area contributed by atoms with E-state index in [4.69, 9.17) is 5.73 Å². The standard InChI is InChI=1S/C16H13N7O2/c1-9-12(10-5-3-2-4-6-10)14-19-18-13-11(23(14)20-9)7-8-22(15(13)24)21-16(17)25/h2-8H,1H3,(H3,17,21,25). The van der Waals surface area contributed by atoms with Gasteiger partial charge in [0.2, 0.25) is 0 Å². The van der Waals surface area contributed by atoms with Crippen LogP contribution in [-0.2, 0) is 0 Å². The van der Waals surface area contributed by atoms with Crippen molar-refractivity contribution in [2.24, 2.45) is 5.73 Å². The van der Waals surface area contributed by atoms with Crippen molar-refractivity contribution < 1.29 is 4.79 Å². The maximum absolute atomic E-state index is 12.4. The number of nitrogens with two attached hydrogens (primary N) is 1. The Labute approximate surface area is 140 Å². The first-order chi connectivity index (χ1) is 12.1. The third-order valence-electron chi connectivity index (χ3n) is 3.85. The Morgan fingerprint density at radius 2 is 1.92 bits per heavy atom. The number of hydrogen-bond donors (Lipinski definition) is 2. The quantitative estimate of drug-likeness (QED) is 0.567. The van der Waals surface area contributed by atoms with Gasteiger partial charge in [0.15, 0.2) is 11.2 Å². The van der Waals surface area contributed by atoms with Gasteiger partial charge in [0.05, 0.1) is 11.3 Å². The van der Waals surface area contributed by atoms with Gasteiger partial charge in [-0.2, -0.15) is 5.10 Å². The number of urea groups is 1. The predicted octanol–water partition coefficient (Wildman–Crippen LogP) is 1.04. The Kier molecular flexibility index (Phi) is 3.21. The van der Waals surface area contributed by atoms with E-state index in [9.17, 15) is 9.59 Å². The first-order valence-corrected chi connectivity index (χ1v) is 7.45. The van der Waals surface area contributed by atoms with Gasteiger partial charge in [0.25, 0.3) is 5.56 Å². The summed E-state index contributed by atoms with van der Waals surface area (Å²) in [4.78, 5) is 23.4. The lowest BCUT2D eigenvalue weighted by atomic mass is 10.1. The molecule has 124 valence electrons. The average molecular weight is 335 g/mol. The van der Waals surface area contributed by atoms with Crippen LogP contribution >= 0.6 is 0 Å². The monoisotopic (exact) mass is 335 g/mol.